The van der Waals surface area contributed by atoms with E-state index >= 15 is 0 Å². The summed E-state index contributed by atoms with van der Waals surface area (Å²) >= 11 is 4.67. The Balaban J connectivity index is 1.64. The molecule has 2 aromatic carbocycles. The highest BCUT2D eigenvalue weighted by Crippen LogP contribution is 2.36. The first kappa shape index (κ1) is 17.4. The van der Waals surface area contributed by atoms with Gasteiger partial charge in [0.05, 0.1) is 11.1 Å². The number of piperidine rings is 1. The summed E-state index contributed by atoms with van der Waals surface area (Å²) in [7, 11) is 0. The van der Waals surface area contributed by atoms with Crippen LogP contribution in [-0.2, 0) is 5.60 Å². The molecule has 128 valence electrons. The van der Waals surface area contributed by atoms with Crippen LogP contribution in [0.2, 0.25) is 0 Å². The van der Waals surface area contributed by atoms with E-state index in [1.807, 2.05) is 30.3 Å². The lowest BCUT2D eigenvalue weighted by atomic mass is 9.84. The van der Waals surface area contributed by atoms with Gasteiger partial charge in [0.1, 0.15) is 12.1 Å². The number of fused-ring (bicyclic) bond motifs is 1. The van der Waals surface area contributed by atoms with E-state index in [2.05, 4.69) is 72.2 Å². The van der Waals surface area contributed by atoms with Gasteiger partial charge in [0.15, 0.2) is 0 Å². The number of nitrogens with zero attached hydrogens (tertiary/aromatic N) is 3. The summed E-state index contributed by atoms with van der Waals surface area (Å²) in [6, 6.07) is 14.3. The van der Waals surface area contributed by atoms with Gasteiger partial charge in [-0.15, -0.1) is 0 Å². The van der Waals surface area contributed by atoms with Crippen molar-refractivity contribution in [2.24, 2.45) is 0 Å². The topological polar surface area (TPSA) is 49.2 Å². The second kappa shape index (κ2) is 6.96. The van der Waals surface area contributed by atoms with Gasteiger partial charge in [-0.3, -0.25) is 0 Å². The van der Waals surface area contributed by atoms with Crippen LogP contribution in [0.5, 0.6) is 0 Å². The van der Waals surface area contributed by atoms with E-state index in [9.17, 15) is 5.11 Å². The van der Waals surface area contributed by atoms with Crippen LogP contribution in [0.3, 0.4) is 0 Å². The third-order valence-electron chi connectivity index (χ3n) is 4.84. The average Bonchev–Trinajstić information content (AvgIpc) is 2.63. The molecule has 4 nitrogen and oxygen atoms in total. The summed E-state index contributed by atoms with van der Waals surface area (Å²) in [6.07, 6.45) is 3.04. The van der Waals surface area contributed by atoms with Gasteiger partial charge in [0.2, 0.25) is 0 Å². The third-order valence-corrected chi connectivity index (χ3v) is 6.28. The molecule has 1 aromatic heterocycles. The third kappa shape index (κ3) is 3.35. The standard InChI is InChI=1S/C19H17I2N3O/c20-14-10-15-17(16(21)11-14)22-12-23-18(15)24-8-6-19(25,7-9-24)13-4-2-1-3-5-13/h1-5,10-12,25H,6-9H2. The van der Waals surface area contributed by atoms with Gasteiger partial charge in [-0.05, 0) is 75.7 Å². The van der Waals surface area contributed by atoms with Gasteiger partial charge in [-0.1, -0.05) is 30.3 Å². The molecule has 1 aliphatic heterocycles. The number of benzene rings is 2. The van der Waals surface area contributed by atoms with E-state index < -0.39 is 5.60 Å². The van der Waals surface area contributed by atoms with Gasteiger partial charge in [-0.2, -0.15) is 0 Å². The van der Waals surface area contributed by atoms with Gasteiger partial charge >= 0.3 is 0 Å². The summed E-state index contributed by atoms with van der Waals surface area (Å²) < 4.78 is 2.32. The highest BCUT2D eigenvalue weighted by Gasteiger charge is 2.34. The Morgan fingerprint density at radius 1 is 1.00 bits per heavy atom. The van der Waals surface area contributed by atoms with Crippen molar-refractivity contribution in [2.45, 2.75) is 18.4 Å². The summed E-state index contributed by atoms with van der Waals surface area (Å²) in [6.45, 7) is 1.55. The lowest BCUT2D eigenvalue weighted by Gasteiger charge is -2.39. The lowest BCUT2D eigenvalue weighted by molar-refractivity contribution is 0.0117. The van der Waals surface area contributed by atoms with Crippen molar-refractivity contribution in [1.29, 1.82) is 0 Å². The summed E-state index contributed by atoms with van der Waals surface area (Å²) in [5.41, 5.74) is 1.25. The maximum absolute atomic E-state index is 11.0. The van der Waals surface area contributed by atoms with Crippen LogP contribution < -0.4 is 4.90 Å². The Labute approximate surface area is 174 Å². The van der Waals surface area contributed by atoms with Crippen molar-refractivity contribution in [2.75, 3.05) is 18.0 Å². The molecule has 1 aliphatic rings. The van der Waals surface area contributed by atoms with Crippen molar-refractivity contribution in [3.05, 3.63) is 61.5 Å². The SMILES string of the molecule is OC1(c2ccccc2)CCN(c2ncnc3c(I)cc(I)cc23)CC1. The minimum absolute atomic E-state index is 0.698. The Morgan fingerprint density at radius 3 is 2.44 bits per heavy atom. The van der Waals surface area contributed by atoms with E-state index in [-0.39, 0.29) is 0 Å². The predicted octanol–water partition coefficient (Wildman–Crippen LogP) is 4.33. The number of aliphatic hydroxyl groups is 1. The van der Waals surface area contributed by atoms with Gasteiger partial charge in [0.25, 0.3) is 0 Å². The normalized spacial score (nSPS) is 17.0. The van der Waals surface area contributed by atoms with Gasteiger partial charge in [0, 0.05) is 25.6 Å². The molecule has 1 saturated heterocycles. The molecule has 1 fully saturated rings. The Kier molecular flexibility index (Phi) is 4.85. The van der Waals surface area contributed by atoms with Gasteiger partial charge in [-0.25, -0.2) is 9.97 Å². The van der Waals surface area contributed by atoms with Crippen molar-refractivity contribution >= 4 is 61.9 Å². The number of anilines is 1. The monoisotopic (exact) mass is 557 g/mol. The molecule has 4 rings (SSSR count). The Morgan fingerprint density at radius 2 is 1.72 bits per heavy atom. The van der Waals surface area contributed by atoms with E-state index in [1.54, 1.807) is 6.33 Å². The smallest absolute Gasteiger partial charge is 0.139 e. The molecular formula is C19H17I2N3O. The second-order valence-corrected chi connectivity index (χ2v) is 8.77. The summed E-state index contributed by atoms with van der Waals surface area (Å²) in [4.78, 5) is 11.3. The van der Waals surface area contributed by atoms with E-state index in [0.29, 0.717) is 12.8 Å². The fourth-order valence-corrected chi connectivity index (χ4v) is 5.44. The van der Waals surface area contributed by atoms with Crippen LogP contribution in [0.15, 0.2) is 48.8 Å². The molecule has 6 heteroatoms. The predicted molar refractivity (Wildman–Crippen MR) is 117 cm³/mol. The highest BCUT2D eigenvalue weighted by molar-refractivity contribution is 14.1. The molecule has 2 heterocycles. The van der Waals surface area contributed by atoms with Crippen LogP contribution in [0.4, 0.5) is 5.82 Å². The molecule has 0 bridgehead atoms. The van der Waals surface area contributed by atoms with Crippen LogP contribution in [-0.4, -0.2) is 28.2 Å². The minimum atomic E-state index is -0.747. The Hall–Kier alpha value is -1.000. The number of hydrogen-bond acceptors (Lipinski definition) is 4. The molecule has 0 aliphatic carbocycles. The average molecular weight is 557 g/mol. The molecule has 3 aromatic rings. The molecule has 0 atom stereocenters. The molecule has 0 spiro atoms. The van der Waals surface area contributed by atoms with Crippen LogP contribution >= 0.6 is 45.2 Å². The summed E-state index contributed by atoms with van der Waals surface area (Å²) in [5, 5.41) is 12.1. The van der Waals surface area contributed by atoms with E-state index in [0.717, 1.165) is 38.9 Å². The zero-order valence-corrected chi connectivity index (χ0v) is 17.8. The minimum Gasteiger partial charge on any atom is -0.385 e. The van der Waals surface area contributed by atoms with Crippen molar-refractivity contribution in [1.82, 2.24) is 9.97 Å². The van der Waals surface area contributed by atoms with Gasteiger partial charge < -0.3 is 10.0 Å². The number of halogens is 2. The second-order valence-electron chi connectivity index (χ2n) is 6.37. The zero-order valence-electron chi connectivity index (χ0n) is 13.5. The lowest BCUT2D eigenvalue weighted by Crippen LogP contribution is -2.43. The molecule has 0 amide bonds. The zero-order chi connectivity index (χ0) is 17.4. The molecule has 0 radical (unpaired) electrons. The first-order valence-electron chi connectivity index (χ1n) is 8.19. The maximum atomic E-state index is 11.0. The molecule has 0 unspecified atom stereocenters. The fraction of sp³-hybridized carbons (Fsp3) is 0.263. The van der Waals surface area contributed by atoms with Crippen LogP contribution in [0.1, 0.15) is 18.4 Å². The van der Waals surface area contributed by atoms with Crippen LogP contribution in [0.25, 0.3) is 10.9 Å². The molecule has 0 saturated carbocycles. The van der Waals surface area contributed by atoms with Crippen molar-refractivity contribution in [3.63, 3.8) is 0 Å². The first-order chi connectivity index (χ1) is 12.1. The van der Waals surface area contributed by atoms with Crippen molar-refractivity contribution in [3.8, 4) is 0 Å². The molecule has 25 heavy (non-hydrogen) atoms. The Bertz CT molecular complexity index is 909. The number of rotatable bonds is 2. The quantitative estimate of drug-likeness (QED) is 0.478. The summed E-state index contributed by atoms with van der Waals surface area (Å²) in [5.74, 6) is 0.969. The van der Waals surface area contributed by atoms with E-state index in [1.165, 1.54) is 3.57 Å². The number of hydrogen-bond donors (Lipinski definition) is 1. The van der Waals surface area contributed by atoms with Crippen molar-refractivity contribution < 1.29 is 5.11 Å². The molecular weight excluding hydrogens is 540 g/mol. The van der Waals surface area contributed by atoms with Crippen LogP contribution in [0, 0.1) is 7.14 Å². The fourth-order valence-electron chi connectivity index (χ4n) is 3.46. The van der Waals surface area contributed by atoms with E-state index in [4.69, 9.17) is 0 Å². The maximum Gasteiger partial charge on any atom is 0.139 e. The number of aromatic nitrogens is 2. The largest absolute Gasteiger partial charge is 0.385 e. The first-order valence-corrected chi connectivity index (χ1v) is 10.4. The highest BCUT2D eigenvalue weighted by atomic mass is 127. The molecule has 1 N–H and O–H groups in total.